The van der Waals surface area contributed by atoms with Crippen molar-refractivity contribution < 1.29 is 5.76 Å². The van der Waals surface area contributed by atoms with Gasteiger partial charge in [-0.25, -0.2) is 9.67 Å². The van der Waals surface area contributed by atoms with Gasteiger partial charge in [-0.1, -0.05) is 22.9 Å². The molecule has 0 radical (unpaired) electrons. The molecule has 41 heavy (non-hydrogen) atoms. The van der Waals surface area contributed by atoms with Gasteiger partial charge in [0.2, 0.25) is 5.95 Å². The van der Waals surface area contributed by atoms with Crippen molar-refractivity contribution in [2.24, 2.45) is 23.7 Å². The second-order valence-electron chi connectivity index (χ2n) is 12.3. The number of halogens is 2. The molecule has 4 bridgehead atoms. The number of anilines is 2. The summed E-state index contributed by atoms with van der Waals surface area (Å²) < 4.78 is 25.2. The van der Waals surface area contributed by atoms with Crippen LogP contribution in [0.15, 0.2) is 42.9 Å². The molecule has 208 valence electrons. The Bertz CT molecular complexity index is 1700. The summed E-state index contributed by atoms with van der Waals surface area (Å²) in [7, 11) is 0. The largest absolute Gasteiger partial charge is 0.380 e. The predicted molar refractivity (Wildman–Crippen MR) is 154 cm³/mol. The van der Waals surface area contributed by atoms with Crippen LogP contribution in [0.1, 0.15) is 75.2 Å². The maximum atomic E-state index is 13.8. The molecular formula is C31H30ClFN8. The smallest absolute Gasteiger partial charge is 0.212 e. The van der Waals surface area contributed by atoms with Gasteiger partial charge in [-0.3, -0.25) is 4.98 Å². The van der Waals surface area contributed by atoms with Gasteiger partial charge in [0.15, 0.2) is 0 Å². The third-order valence-corrected chi connectivity index (χ3v) is 9.84. The molecule has 3 aromatic heterocycles. The Morgan fingerprint density at radius 3 is 2.54 bits per heavy atom. The molecule has 5 saturated carbocycles. The predicted octanol–water partition coefficient (Wildman–Crippen LogP) is 6.66. The van der Waals surface area contributed by atoms with Crippen LogP contribution in [0.3, 0.4) is 0 Å². The molecular weight excluding hydrogens is 539 g/mol. The van der Waals surface area contributed by atoms with Crippen LogP contribution in [0, 0.1) is 41.0 Å². The van der Waals surface area contributed by atoms with Crippen LogP contribution in [-0.4, -0.2) is 31.0 Å². The van der Waals surface area contributed by atoms with Crippen molar-refractivity contribution in [1.82, 2.24) is 25.0 Å². The van der Waals surface area contributed by atoms with Crippen LogP contribution in [0.2, 0.25) is 5.02 Å². The van der Waals surface area contributed by atoms with E-state index in [4.69, 9.17) is 11.6 Å². The Balaban J connectivity index is 1.21. The van der Waals surface area contributed by atoms with E-state index in [1.807, 2.05) is 6.07 Å². The van der Waals surface area contributed by atoms with E-state index in [2.05, 4.69) is 37.0 Å². The highest BCUT2D eigenvalue weighted by Crippen LogP contribution is 2.54. The average molecular weight is 570 g/mol. The highest BCUT2D eigenvalue weighted by Gasteiger charge is 2.48. The molecule has 5 fully saturated rings. The number of nitriles is 1. The topological polar surface area (TPSA) is 104 Å². The monoisotopic (exact) mass is 569 g/mol. The van der Waals surface area contributed by atoms with Crippen molar-refractivity contribution in [3.8, 4) is 6.07 Å². The molecule has 2 N–H and O–H groups in total. The molecule has 8 nitrogen and oxygen atoms in total. The van der Waals surface area contributed by atoms with E-state index in [0.717, 1.165) is 35.8 Å². The molecule has 5 aliphatic rings. The van der Waals surface area contributed by atoms with Crippen LogP contribution in [0.5, 0.6) is 0 Å². The Morgan fingerprint density at radius 2 is 1.85 bits per heavy atom. The Kier molecular flexibility index (Phi) is 5.63. The summed E-state index contributed by atoms with van der Waals surface area (Å²) in [5.41, 5.74) is 3.10. The summed E-state index contributed by atoms with van der Waals surface area (Å²) in [5, 5.41) is 26.9. The van der Waals surface area contributed by atoms with E-state index in [-0.39, 0.29) is 6.04 Å². The van der Waals surface area contributed by atoms with Gasteiger partial charge in [0.05, 0.1) is 41.4 Å². The number of hydrogen-bond donors (Lipinski definition) is 2. The zero-order valence-electron chi connectivity index (χ0n) is 23.4. The van der Waals surface area contributed by atoms with E-state index >= 15 is 0 Å². The van der Waals surface area contributed by atoms with Gasteiger partial charge in [-0.15, -0.1) is 5.10 Å². The quantitative estimate of drug-likeness (QED) is 0.240. The summed E-state index contributed by atoms with van der Waals surface area (Å²) in [6.07, 6.45) is 13.1. The van der Waals surface area contributed by atoms with Crippen LogP contribution in [0.4, 0.5) is 15.8 Å². The molecule has 5 aliphatic carbocycles. The first kappa shape index (κ1) is 23.9. The number of nitrogens with one attached hydrogen (secondary N) is 2. The molecule has 3 heterocycles. The Morgan fingerprint density at radius 1 is 1.07 bits per heavy atom. The fourth-order valence-corrected chi connectivity index (χ4v) is 8.03. The maximum Gasteiger partial charge on any atom is 0.212 e. The summed E-state index contributed by atoms with van der Waals surface area (Å²) in [5.74, 6) is 2.25. The van der Waals surface area contributed by atoms with Gasteiger partial charge in [0.25, 0.3) is 0 Å². The molecule has 4 aromatic rings. The van der Waals surface area contributed by atoms with Crippen molar-refractivity contribution in [3.05, 3.63) is 70.6 Å². The van der Waals surface area contributed by atoms with Crippen LogP contribution >= 0.6 is 11.6 Å². The van der Waals surface area contributed by atoms with Gasteiger partial charge in [0, 0.05) is 29.5 Å². The zero-order valence-corrected chi connectivity index (χ0v) is 23.2. The minimum absolute atomic E-state index is 0.284. The van der Waals surface area contributed by atoms with Crippen molar-refractivity contribution in [1.29, 1.82) is 5.26 Å². The molecule has 0 spiro atoms. The molecule has 9 rings (SSSR count). The van der Waals surface area contributed by atoms with Gasteiger partial charge in [0.1, 0.15) is 11.8 Å². The number of pyridine rings is 2. The third kappa shape index (κ3) is 4.49. The van der Waals surface area contributed by atoms with Gasteiger partial charge in [-0.2, -0.15) is 9.65 Å². The highest BCUT2D eigenvalue weighted by atomic mass is 35.5. The molecule has 1 atom stereocenters. The molecule has 1 unspecified atom stereocenters. The van der Waals surface area contributed by atoms with Crippen molar-refractivity contribution in [2.45, 2.75) is 63.0 Å². The third-order valence-electron chi connectivity index (χ3n) is 9.56. The van der Waals surface area contributed by atoms with Gasteiger partial charge in [-0.05, 0) is 92.4 Å². The number of fused-ring (bicyclic) bond motifs is 1. The first-order valence-corrected chi connectivity index (χ1v) is 14.9. The second kappa shape index (κ2) is 9.66. The van der Waals surface area contributed by atoms with E-state index in [1.54, 1.807) is 23.1 Å². The molecule has 10 heteroatoms. The van der Waals surface area contributed by atoms with Crippen LogP contribution in [-0.2, 0) is 0 Å². The lowest BCUT2D eigenvalue weighted by Gasteiger charge is -2.54. The molecule has 0 saturated heterocycles. The van der Waals surface area contributed by atoms with E-state index < -0.39 is 12.0 Å². The minimum atomic E-state index is -1.64. The summed E-state index contributed by atoms with van der Waals surface area (Å²) in [6.45, 7) is 0. The van der Waals surface area contributed by atoms with Crippen molar-refractivity contribution >= 4 is 33.9 Å². The second-order valence-corrected chi connectivity index (χ2v) is 12.7. The minimum Gasteiger partial charge on any atom is -0.380 e. The lowest BCUT2D eigenvalue weighted by molar-refractivity contribution is 0.00757. The number of benzene rings is 1. The Hall–Kier alpha value is -3.77. The zero-order chi connectivity index (χ0) is 28.6. The lowest BCUT2D eigenvalue weighted by Crippen LogP contribution is -2.51. The number of rotatable bonds is 7. The van der Waals surface area contributed by atoms with E-state index in [0.29, 0.717) is 50.9 Å². The summed E-state index contributed by atoms with van der Waals surface area (Å²) in [4.78, 5) is 8.35. The Labute approximate surface area is 243 Å². The average Bonchev–Trinajstić information content (AvgIpc) is 3.70. The molecule has 0 amide bonds. The van der Waals surface area contributed by atoms with Gasteiger partial charge >= 0.3 is 0 Å². The van der Waals surface area contributed by atoms with Gasteiger partial charge < -0.3 is 10.6 Å². The fraction of sp³-hybridized carbons (Fsp3) is 0.452. The normalized spacial score (nSPS) is 28.2. The SMILES string of the molecule is [2H]C(Nc1cc(Cl)c2ncc(C#N)c(NC3C4CC5CC(C4)CC3C5)c2c1)(c1ccc(F)nc1)c1cn(C2CC2)nn1. The number of nitrogens with zero attached hydrogens (tertiary/aromatic N) is 6. The number of hydrogen-bond acceptors (Lipinski definition) is 7. The molecule has 1 aromatic carbocycles. The highest BCUT2D eigenvalue weighted by molar-refractivity contribution is 6.35. The van der Waals surface area contributed by atoms with Crippen LogP contribution in [0.25, 0.3) is 10.9 Å². The van der Waals surface area contributed by atoms with Crippen molar-refractivity contribution in [3.63, 3.8) is 0 Å². The summed E-state index contributed by atoms with van der Waals surface area (Å²) >= 11 is 6.82. The standard InChI is InChI=1S/C31H30ClFN8/c32-25-11-22(37-30(18-1-4-27(33)35-13-18)26-15-41(40-39-26)23-2-3-23)10-24-29(21(12-34)14-36-31(24)25)38-28-19-6-16-5-17(8-19)9-20(28)7-16/h1,4,10-11,13-17,19-20,23,28,30,37H,2-3,5-9H2,(H,36,38)/i30D. The maximum absolute atomic E-state index is 13.8. The summed E-state index contributed by atoms with van der Waals surface area (Å²) in [6, 6.07) is 7.65. The van der Waals surface area contributed by atoms with E-state index in [9.17, 15) is 11.0 Å². The van der Waals surface area contributed by atoms with E-state index in [1.165, 1.54) is 50.4 Å². The lowest BCUT2D eigenvalue weighted by atomic mass is 9.54. The van der Waals surface area contributed by atoms with Crippen LogP contribution < -0.4 is 10.6 Å². The van der Waals surface area contributed by atoms with Crippen molar-refractivity contribution in [2.75, 3.05) is 10.6 Å². The number of aromatic nitrogens is 5. The molecule has 0 aliphatic heterocycles. The first-order chi connectivity index (χ1) is 20.4. The fourth-order valence-electron chi connectivity index (χ4n) is 7.76. The first-order valence-electron chi connectivity index (χ1n) is 15.0.